The number of Topliss-reactive ketones (excluding diaryl/α,β-unsaturated/α-hetero) is 1. The number of sulfonamides is 1. The number of aryl methyl sites for hydroxylation is 1. The Labute approximate surface area is 226 Å². The van der Waals surface area contributed by atoms with Gasteiger partial charge in [0, 0.05) is 11.9 Å². The van der Waals surface area contributed by atoms with Gasteiger partial charge in [-0.1, -0.05) is 37.6 Å². The summed E-state index contributed by atoms with van der Waals surface area (Å²) in [6, 6.07) is 10.3. The number of benzene rings is 2. The van der Waals surface area contributed by atoms with Crippen molar-refractivity contribution < 1.29 is 31.6 Å². The van der Waals surface area contributed by atoms with Crippen LogP contribution in [-0.4, -0.2) is 55.5 Å². The molecule has 2 amide bonds. The van der Waals surface area contributed by atoms with Crippen molar-refractivity contribution in [2.45, 2.75) is 57.0 Å². The van der Waals surface area contributed by atoms with Crippen molar-refractivity contribution in [2.24, 2.45) is 5.92 Å². The second-order valence-corrected chi connectivity index (χ2v) is 12.2. The summed E-state index contributed by atoms with van der Waals surface area (Å²) in [5, 5.41) is 6.18. The van der Waals surface area contributed by atoms with E-state index in [1.165, 1.54) is 12.1 Å². The Kier molecular flexibility index (Phi) is 8.51. The van der Waals surface area contributed by atoms with E-state index in [1.54, 1.807) is 12.1 Å². The van der Waals surface area contributed by atoms with E-state index in [1.807, 2.05) is 32.9 Å². The van der Waals surface area contributed by atoms with E-state index in [2.05, 4.69) is 10.6 Å². The van der Waals surface area contributed by atoms with Gasteiger partial charge in [-0.2, -0.15) is 4.31 Å². The summed E-state index contributed by atoms with van der Waals surface area (Å²) < 4.78 is 46.8. The summed E-state index contributed by atoms with van der Waals surface area (Å²) in [7, 11) is -4.24. The lowest BCUT2D eigenvalue weighted by Gasteiger charge is -2.23. The third-order valence-corrected chi connectivity index (χ3v) is 8.50. The quantitative estimate of drug-likeness (QED) is 0.436. The Morgan fingerprint density at radius 2 is 1.90 bits per heavy atom. The fourth-order valence-electron chi connectivity index (χ4n) is 4.63. The van der Waals surface area contributed by atoms with Crippen LogP contribution in [0, 0.1) is 18.7 Å². The number of amides is 2. The molecule has 1 aliphatic heterocycles. The van der Waals surface area contributed by atoms with E-state index in [-0.39, 0.29) is 31.1 Å². The maximum Gasteiger partial charge on any atom is 0.287 e. The number of hydrogen-bond acceptors (Lipinski definition) is 6. The number of hydrogen-bond donors (Lipinski definition) is 2. The average molecular weight is 558 g/mol. The van der Waals surface area contributed by atoms with Crippen LogP contribution in [0.4, 0.5) is 4.39 Å². The Morgan fingerprint density at radius 3 is 2.62 bits per heavy atom. The van der Waals surface area contributed by atoms with Gasteiger partial charge in [-0.3, -0.25) is 14.4 Å². The summed E-state index contributed by atoms with van der Waals surface area (Å²) in [4.78, 5) is 38.7. The third kappa shape index (κ3) is 6.54. The lowest BCUT2D eigenvalue weighted by molar-refractivity contribution is -0.129. The number of ketones is 1. The average Bonchev–Trinajstić information content (AvgIpc) is 3.20. The first kappa shape index (κ1) is 28.4. The van der Waals surface area contributed by atoms with Crippen molar-refractivity contribution in [1.82, 2.24) is 14.9 Å². The molecule has 1 saturated heterocycles. The smallest absolute Gasteiger partial charge is 0.287 e. The molecule has 0 aliphatic carbocycles. The topological polar surface area (TPSA) is 126 Å². The zero-order valence-electron chi connectivity index (χ0n) is 22.1. The second-order valence-electron chi connectivity index (χ2n) is 10.2. The number of furan rings is 1. The Balaban J connectivity index is 1.45. The van der Waals surface area contributed by atoms with Gasteiger partial charge in [0.05, 0.1) is 12.6 Å². The zero-order chi connectivity index (χ0) is 28.3. The molecule has 1 aromatic heterocycles. The first-order valence-electron chi connectivity index (χ1n) is 12.8. The van der Waals surface area contributed by atoms with Gasteiger partial charge in [-0.15, -0.1) is 0 Å². The second kappa shape index (κ2) is 11.7. The predicted octanol–water partition coefficient (Wildman–Crippen LogP) is 3.56. The Hall–Kier alpha value is -3.57. The van der Waals surface area contributed by atoms with E-state index in [0.29, 0.717) is 12.0 Å². The van der Waals surface area contributed by atoms with Crippen molar-refractivity contribution >= 4 is 38.6 Å². The first-order valence-corrected chi connectivity index (χ1v) is 14.3. The van der Waals surface area contributed by atoms with Crippen LogP contribution in [0.2, 0.25) is 0 Å². The summed E-state index contributed by atoms with van der Waals surface area (Å²) in [5.41, 5.74) is 1.57. The van der Waals surface area contributed by atoms with E-state index >= 15 is 0 Å². The molecule has 1 aliphatic rings. The molecule has 39 heavy (non-hydrogen) atoms. The van der Waals surface area contributed by atoms with Gasteiger partial charge in [0.15, 0.2) is 11.5 Å². The molecule has 4 rings (SSSR count). The van der Waals surface area contributed by atoms with Gasteiger partial charge in [0.1, 0.15) is 22.3 Å². The van der Waals surface area contributed by atoms with Gasteiger partial charge < -0.3 is 15.1 Å². The highest BCUT2D eigenvalue weighted by Crippen LogP contribution is 2.23. The van der Waals surface area contributed by atoms with Gasteiger partial charge in [0.25, 0.3) is 5.91 Å². The molecule has 0 radical (unpaired) electrons. The standard InChI is InChI=1S/C28H32FN3O6S/c1-17(2)13-22(31-28(35)25-15-19-14-18(3)10-11-24(19)38-25)27(34)30-21-8-6-12-32(16-23(21)33)39(36,37)26-9-5-4-7-20(26)29/h4-5,7,9-11,14-15,17,21-22H,6,8,12-13,16H2,1-3H3,(H,30,34)(H,31,35)/t21-,22?/m0/s1. The summed E-state index contributed by atoms with van der Waals surface area (Å²) in [6.07, 6.45) is 0.800. The molecule has 3 aromatic rings. The Morgan fingerprint density at radius 1 is 1.15 bits per heavy atom. The van der Waals surface area contributed by atoms with Crippen molar-refractivity contribution in [3.63, 3.8) is 0 Å². The molecular weight excluding hydrogens is 525 g/mol. The minimum absolute atomic E-state index is 0.00641. The molecule has 9 nitrogen and oxygen atoms in total. The number of fused-ring (bicyclic) bond motifs is 1. The van der Waals surface area contributed by atoms with Crippen LogP contribution in [0.1, 0.15) is 49.2 Å². The number of rotatable bonds is 8. The lowest BCUT2D eigenvalue weighted by Crippen LogP contribution is -2.52. The van der Waals surface area contributed by atoms with Crippen LogP contribution in [0.25, 0.3) is 11.0 Å². The minimum atomic E-state index is -4.24. The van der Waals surface area contributed by atoms with Crippen LogP contribution < -0.4 is 10.6 Å². The minimum Gasteiger partial charge on any atom is -0.451 e. The third-order valence-electron chi connectivity index (χ3n) is 6.62. The monoisotopic (exact) mass is 557 g/mol. The predicted molar refractivity (Wildman–Crippen MR) is 143 cm³/mol. The summed E-state index contributed by atoms with van der Waals surface area (Å²) >= 11 is 0. The van der Waals surface area contributed by atoms with Crippen LogP contribution in [0.3, 0.4) is 0 Å². The molecular formula is C28H32FN3O6S. The highest BCUT2D eigenvalue weighted by Gasteiger charge is 2.35. The van der Waals surface area contributed by atoms with Crippen molar-refractivity contribution in [2.75, 3.05) is 13.1 Å². The number of nitrogens with zero attached hydrogens (tertiary/aromatic N) is 1. The fourth-order valence-corrected chi connectivity index (χ4v) is 6.14. The number of carbonyl (C=O) groups is 3. The van der Waals surface area contributed by atoms with Crippen LogP contribution >= 0.6 is 0 Å². The molecule has 0 saturated carbocycles. The maximum absolute atomic E-state index is 14.2. The van der Waals surface area contributed by atoms with E-state index in [4.69, 9.17) is 4.42 Å². The van der Waals surface area contributed by atoms with Gasteiger partial charge in [-0.25, -0.2) is 12.8 Å². The highest BCUT2D eigenvalue weighted by atomic mass is 32.2. The molecule has 0 bridgehead atoms. The molecule has 2 aromatic carbocycles. The molecule has 2 N–H and O–H groups in total. The van der Waals surface area contributed by atoms with E-state index in [9.17, 15) is 27.2 Å². The van der Waals surface area contributed by atoms with E-state index < -0.39 is 57.0 Å². The fraction of sp³-hybridized carbons (Fsp3) is 0.393. The molecule has 1 unspecified atom stereocenters. The number of carbonyl (C=O) groups excluding carboxylic acids is 3. The first-order chi connectivity index (χ1) is 18.5. The van der Waals surface area contributed by atoms with Gasteiger partial charge in [-0.05, 0) is 62.4 Å². The van der Waals surface area contributed by atoms with Crippen LogP contribution in [0.5, 0.6) is 0 Å². The molecule has 0 spiro atoms. The van der Waals surface area contributed by atoms with Crippen molar-refractivity contribution in [3.8, 4) is 0 Å². The summed E-state index contributed by atoms with van der Waals surface area (Å²) in [5.74, 6) is -2.40. The Bertz CT molecular complexity index is 1500. The molecule has 2 heterocycles. The van der Waals surface area contributed by atoms with Crippen molar-refractivity contribution in [1.29, 1.82) is 0 Å². The zero-order valence-corrected chi connectivity index (χ0v) is 22.9. The van der Waals surface area contributed by atoms with Crippen molar-refractivity contribution in [3.05, 3.63) is 65.7 Å². The number of halogens is 1. The largest absolute Gasteiger partial charge is 0.451 e. The molecule has 1 fully saturated rings. The normalized spacial score (nSPS) is 17.7. The highest BCUT2D eigenvalue weighted by molar-refractivity contribution is 7.89. The summed E-state index contributed by atoms with van der Waals surface area (Å²) in [6.45, 7) is 5.24. The lowest BCUT2D eigenvalue weighted by atomic mass is 10.0. The van der Waals surface area contributed by atoms with Crippen LogP contribution in [0.15, 0.2) is 57.8 Å². The maximum atomic E-state index is 14.2. The van der Waals surface area contributed by atoms with Gasteiger partial charge in [0.2, 0.25) is 15.9 Å². The van der Waals surface area contributed by atoms with Gasteiger partial charge >= 0.3 is 0 Å². The molecule has 2 atom stereocenters. The number of nitrogens with one attached hydrogen (secondary N) is 2. The molecule has 11 heteroatoms. The SMILES string of the molecule is Cc1ccc2oc(C(=O)NC(CC(C)C)C(=O)N[C@H]3CCCN(S(=O)(=O)c4ccccc4F)CC3=O)cc2c1. The van der Waals surface area contributed by atoms with Crippen LogP contribution in [-0.2, 0) is 19.6 Å². The molecule has 208 valence electrons. The van der Waals surface area contributed by atoms with E-state index in [0.717, 1.165) is 27.4 Å².